The highest BCUT2D eigenvalue weighted by molar-refractivity contribution is 5.93. The van der Waals surface area contributed by atoms with Gasteiger partial charge in [0.15, 0.2) is 0 Å². The molecule has 1 saturated heterocycles. The third-order valence-corrected chi connectivity index (χ3v) is 6.22. The summed E-state index contributed by atoms with van der Waals surface area (Å²) in [6, 6.07) is 13.4. The lowest BCUT2D eigenvalue weighted by Crippen LogP contribution is -2.46. The van der Waals surface area contributed by atoms with Crippen LogP contribution in [0, 0.1) is 12.8 Å². The molecule has 2 aromatic heterocycles. The number of benzene rings is 1. The third-order valence-electron chi connectivity index (χ3n) is 6.22. The molecule has 3 aromatic rings. The second-order valence-corrected chi connectivity index (χ2v) is 8.43. The van der Waals surface area contributed by atoms with Crippen molar-refractivity contribution >= 4 is 41.6 Å². The van der Waals surface area contributed by atoms with Gasteiger partial charge in [-0.1, -0.05) is 18.2 Å². The summed E-state index contributed by atoms with van der Waals surface area (Å²) in [6.07, 6.45) is 1.11. The predicted molar refractivity (Wildman–Crippen MR) is 133 cm³/mol. The van der Waals surface area contributed by atoms with Gasteiger partial charge in [-0.3, -0.25) is 9.59 Å². The molecular formula is C24H28Cl2N4O3. The highest BCUT2D eigenvalue weighted by atomic mass is 35.5. The molecule has 0 unspecified atom stereocenters. The van der Waals surface area contributed by atoms with Crippen LogP contribution in [0.4, 0.5) is 0 Å². The molecule has 0 saturated carbocycles. The lowest BCUT2D eigenvalue weighted by atomic mass is 9.84. The molecule has 33 heavy (non-hydrogen) atoms. The molecule has 1 aromatic carbocycles. The van der Waals surface area contributed by atoms with Gasteiger partial charge in [-0.05, 0) is 50.1 Å². The van der Waals surface area contributed by atoms with Crippen LogP contribution >= 0.6 is 24.8 Å². The number of hydrogen-bond acceptors (Lipinski definition) is 5. The molecule has 176 valence electrons. The van der Waals surface area contributed by atoms with Crippen molar-refractivity contribution in [3.8, 4) is 5.75 Å². The smallest absolute Gasteiger partial charge is 0.263 e. The van der Waals surface area contributed by atoms with E-state index >= 15 is 0 Å². The minimum atomic E-state index is -0.357. The molecule has 0 radical (unpaired) electrons. The average Bonchev–Trinajstić information content (AvgIpc) is 2.77. The Balaban J connectivity index is 0.00000153. The van der Waals surface area contributed by atoms with Crippen molar-refractivity contribution in [2.75, 3.05) is 26.2 Å². The molecule has 0 aliphatic carbocycles. The van der Waals surface area contributed by atoms with Gasteiger partial charge in [-0.2, -0.15) is 0 Å². The first-order chi connectivity index (χ1) is 15.1. The quantitative estimate of drug-likeness (QED) is 0.536. The van der Waals surface area contributed by atoms with E-state index in [1.54, 1.807) is 10.6 Å². The number of carbonyl (C=O) groups excluding carboxylic acids is 1. The Kier molecular flexibility index (Phi) is 8.00. The van der Waals surface area contributed by atoms with E-state index in [0.29, 0.717) is 37.3 Å². The maximum absolute atomic E-state index is 13.0. The van der Waals surface area contributed by atoms with Crippen molar-refractivity contribution in [1.82, 2.24) is 20.2 Å². The van der Waals surface area contributed by atoms with E-state index < -0.39 is 0 Å². The zero-order chi connectivity index (χ0) is 21.4. The summed E-state index contributed by atoms with van der Waals surface area (Å²) in [6.45, 7) is 5.03. The van der Waals surface area contributed by atoms with Gasteiger partial charge in [0.05, 0.1) is 6.54 Å². The molecule has 2 aliphatic rings. The molecular weight excluding hydrogens is 463 g/mol. The van der Waals surface area contributed by atoms with Crippen LogP contribution in [0.25, 0.3) is 10.9 Å². The summed E-state index contributed by atoms with van der Waals surface area (Å²) < 4.78 is 7.66. The normalized spacial score (nSPS) is 18.5. The fourth-order valence-electron chi connectivity index (χ4n) is 4.72. The molecule has 7 nitrogen and oxygen atoms in total. The fraction of sp³-hybridized carbons (Fsp3) is 0.375. The van der Waals surface area contributed by atoms with Gasteiger partial charge in [0.1, 0.15) is 23.4 Å². The van der Waals surface area contributed by atoms with Crippen LogP contribution in [-0.2, 0) is 6.54 Å². The first-order valence-corrected chi connectivity index (χ1v) is 10.8. The predicted octanol–water partition coefficient (Wildman–Crippen LogP) is 3.06. The van der Waals surface area contributed by atoms with Crippen LogP contribution < -0.4 is 20.9 Å². The highest BCUT2D eigenvalue weighted by Crippen LogP contribution is 2.31. The van der Waals surface area contributed by atoms with Crippen molar-refractivity contribution in [3.63, 3.8) is 0 Å². The van der Waals surface area contributed by atoms with Gasteiger partial charge in [0, 0.05) is 35.8 Å². The van der Waals surface area contributed by atoms with Crippen LogP contribution in [0.3, 0.4) is 0 Å². The third kappa shape index (κ3) is 5.00. The molecule has 2 atom stereocenters. The van der Waals surface area contributed by atoms with Gasteiger partial charge in [-0.25, -0.2) is 4.98 Å². The summed E-state index contributed by atoms with van der Waals surface area (Å²) in [5.41, 5.74) is 2.76. The summed E-state index contributed by atoms with van der Waals surface area (Å²) in [4.78, 5) is 30.2. The minimum absolute atomic E-state index is 0. The topological polar surface area (TPSA) is 85.2 Å². The number of amides is 1. The Morgan fingerprint density at radius 2 is 2.03 bits per heavy atom. The van der Waals surface area contributed by atoms with E-state index in [1.165, 1.54) is 0 Å². The minimum Gasteiger partial charge on any atom is -0.489 e. The first kappa shape index (κ1) is 25.0. The number of hydrogen-bond donors (Lipinski definition) is 2. The molecule has 0 spiro atoms. The monoisotopic (exact) mass is 490 g/mol. The number of fused-ring (bicyclic) bond motifs is 5. The summed E-state index contributed by atoms with van der Waals surface area (Å²) in [7, 11) is 0. The molecule has 2 aliphatic heterocycles. The summed E-state index contributed by atoms with van der Waals surface area (Å²) in [5.74, 6) is 1.13. The van der Waals surface area contributed by atoms with Crippen LogP contribution in [0.2, 0.25) is 0 Å². The number of aryl methyl sites for hydroxylation is 1. The molecule has 9 heteroatoms. The van der Waals surface area contributed by atoms with Crippen molar-refractivity contribution in [2.45, 2.75) is 25.8 Å². The van der Waals surface area contributed by atoms with Crippen molar-refractivity contribution in [2.24, 2.45) is 5.92 Å². The van der Waals surface area contributed by atoms with E-state index in [0.717, 1.165) is 41.8 Å². The second-order valence-electron chi connectivity index (χ2n) is 8.43. The molecule has 5 rings (SSSR count). The van der Waals surface area contributed by atoms with Crippen LogP contribution in [0.5, 0.6) is 5.75 Å². The van der Waals surface area contributed by atoms with E-state index in [1.807, 2.05) is 43.3 Å². The van der Waals surface area contributed by atoms with Crippen molar-refractivity contribution in [1.29, 1.82) is 0 Å². The Labute approximate surface area is 204 Å². The average molecular weight is 491 g/mol. The largest absolute Gasteiger partial charge is 0.489 e. The summed E-state index contributed by atoms with van der Waals surface area (Å²) in [5, 5.41) is 7.26. The van der Waals surface area contributed by atoms with Crippen LogP contribution in [-0.4, -0.2) is 41.7 Å². The number of pyridine rings is 2. The number of halogens is 2. The second kappa shape index (κ2) is 10.5. The number of aromatic nitrogens is 2. The van der Waals surface area contributed by atoms with Gasteiger partial charge in [0.25, 0.3) is 11.5 Å². The SMILES string of the molecule is Cc1ccc2cccc(OCCNC(=O)c3ccc4n(c3=O)C[C@@H]3CNC[C@H]4C3)c2n1.Cl.Cl. The molecule has 1 fully saturated rings. The number of carbonyl (C=O) groups is 1. The molecule has 1 amide bonds. The van der Waals surface area contributed by atoms with Crippen molar-refractivity contribution in [3.05, 3.63) is 69.8 Å². The van der Waals surface area contributed by atoms with E-state index in [4.69, 9.17) is 4.74 Å². The number of nitrogens with one attached hydrogen (secondary N) is 2. The van der Waals surface area contributed by atoms with E-state index in [-0.39, 0.29) is 41.8 Å². The number of nitrogens with zero attached hydrogens (tertiary/aromatic N) is 2. The molecule has 2 bridgehead atoms. The Bertz CT molecular complexity index is 1210. The Hall–Kier alpha value is -2.61. The molecule has 4 heterocycles. The first-order valence-electron chi connectivity index (χ1n) is 10.8. The van der Waals surface area contributed by atoms with E-state index in [2.05, 4.69) is 15.6 Å². The summed E-state index contributed by atoms with van der Waals surface area (Å²) >= 11 is 0. The number of para-hydroxylation sites is 1. The van der Waals surface area contributed by atoms with Crippen LogP contribution in [0.1, 0.15) is 34.1 Å². The van der Waals surface area contributed by atoms with Gasteiger partial charge in [-0.15, -0.1) is 24.8 Å². The number of rotatable bonds is 5. The number of piperidine rings is 1. The zero-order valence-corrected chi connectivity index (χ0v) is 20.0. The van der Waals surface area contributed by atoms with Gasteiger partial charge in [0.2, 0.25) is 0 Å². The Morgan fingerprint density at radius 1 is 1.18 bits per heavy atom. The van der Waals surface area contributed by atoms with Gasteiger partial charge >= 0.3 is 0 Å². The maximum atomic E-state index is 13.0. The van der Waals surface area contributed by atoms with Crippen LogP contribution in [0.15, 0.2) is 47.3 Å². The van der Waals surface area contributed by atoms with Gasteiger partial charge < -0.3 is 19.9 Å². The zero-order valence-electron chi connectivity index (χ0n) is 18.4. The van der Waals surface area contributed by atoms with E-state index in [9.17, 15) is 9.59 Å². The number of ether oxygens (including phenoxy) is 1. The maximum Gasteiger partial charge on any atom is 0.263 e. The Morgan fingerprint density at radius 3 is 2.88 bits per heavy atom. The fourth-order valence-corrected chi connectivity index (χ4v) is 4.72. The lowest BCUT2D eigenvalue weighted by Gasteiger charge is -2.37. The van der Waals surface area contributed by atoms with Crippen molar-refractivity contribution < 1.29 is 9.53 Å². The highest BCUT2D eigenvalue weighted by Gasteiger charge is 2.31. The lowest BCUT2D eigenvalue weighted by molar-refractivity contribution is 0.0944. The molecule has 2 N–H and O–H groups in total. The standard InChI is InChI=1S/C24H26N4O3.2ClH/c1-15-5-6-17-3-2-4-21(22(17)27-15)31-10-9-26-23(29)19-7-8-20-18-11-16(12-25-13-18)14-28(20)24(19)30;;/h2-8,16,18,25H,9-14H2,1H3,(H,26,29);2*1H/t16-,18+;;/m0../s1.